The molecule has 0 fully saturated rings. The summed E-state index contributed by atoms with van der Waals surface area (Å²) in [5, 5.41) is 6.30. The van der Waals surface area contributed by atoms with E-state index >= 15 is 0 Å². The van der Waals surface area contributed by atoms with Gasteiger partial charge < -0.3 is 4.74 Å². The van der Waals surface area contributed by atoms with Crippen molar-refractivity contribution >= 4 is 22.9 Å². The Labute approximate surface area is 159 Å². The molecule has 1 N–H and O–H groups in total. The van der Waals surface area contributed by atoms with Crippen LogP contribution in [0.15, 0.2) is 65.8 Å². The molecular weight excluding hydrogens is 336 g/mol. The molecule has 27 heavy (non-hydrogen) atoms. The highest BCUT2D eigenvalue weighted by Gasteiger charge is 2.10. The lowest BCUT2D eigenvalue weighted by Crippen LogP contribution is -2.25. The molecule has 3 aromatic rings. The first-order valence-corrected chi connectivity index (χ1v) is 9.07. The summed E-state index contributed by atoms with van der Waals surface area (Å²) in [6.45, 7) is 6.14. The fourth-order valence-corrected chi connectivity index (χ4v) is 2.96. The van der Waals surface area contributed by atoms with Gasteiger partial charge in [-0.15, -0.1) is 0 Å². The second-order valence-electron chi connectivity index (χ2n) is 6.85. The van der Waals surface area contributed by atoms with E-state index in [1.807, 2.05) is 61.5 Å². The van der Waals surface area contributed by atoms with Gasteiger partial charge in [0, 0.05) is 5.56 Å². The summed E-state index contributed by atoms with van der Waals surface area (Å²) < 4.78 is 5.73. The van der Waals surface area contributed by atoms with Crippen LogP contribution in [-0.4, -0.2) is 18.7 Å². The topological polar surface area (TPSA) is 50.7 Å². The van der Waals surface area contributed by atoms with E-state index in [4.69, 9.17) is 4.74 Å². The number of hydrogen-bond donors (Lipinski definition) is 1. The molecule has 0 aromatic heterocycles. The van der Waals surface area contributed by atoms with Gasteiger partial charge in [0.2, 0.25) is 0 Å². The molecule has 0 bridgehead atoms. The Hall–Kier alpha value is -3.14. The molecule has 0 heterocycles. The Bertz CT molecular complexity index is 972. The van der Waals surface area contributed by atoms with E-state index in [9.17, 15) is 4.79 Å². The van der Waals surface area contributed by atoms with Gasteiger partial charge in [0.05, 0.1) is 6.21 Å². The number of benzene rings is 3. The summed E-state index contributed by atoms with van der Waals surface area (Å²) in [6, 6.07) is 20.1. The lowest BCUT2D eigenvalue weighted by atomic mass is 10.0. The van der Waals surface area contributed by atoms with Crippen LogP contribution in [0.25, 0.3) is 10.8 Å². The molecule has 0 aliphatic rings. The molecule has 3 rings (SSSR count). The average Bonchev–Trinajstić information content (AvgIpc) is 2.66. The number of fused-ring (bicyclic) bond motifs is 1. The molecule has 0 saturated carbocycles. The van der Waals surface area contributed by atoms with E-state index in [2.05, 4.69) is 30.4 Å². The van der Waals surface area contributed by atoms with E-state index < -0.39 is 0 Å². The van der Waals surface area contributed by atoms with Crippen molar-refractivity contribution in [3.8, 4) is 5.75 Å². The molecule has 0 atom stereocenters. The van der Waals surface area contributed by atoms with E-state index in [0.29, 0.717) is 5.92 Å². The van der Waals surface area contributed by atoms with Crippen molar-refractivity contribution in [3.05, 3.63) is 77.4 Å². The molecule has 0 saturated heterocycles. The number of aryl methyl sites for hydroxylation is 1. The highest BCUT2D eigenvalue weighted by molar-refractivity contribution is 5.99. The van der Waals surface area contributed by atoms with Crippen LogP contribution in [0.2, 0.25) is 0 Å². The first kappa shape index (κ1) is 18.6. The SMILES string of the molecule is Cc1ccc(C(C)C)c(OCC(=O)N/N=C\c2cccc3ccccc23)c1. The van der Waals surface area contributed by atoms with E-state index in [1.54, 1.807) is 6.21 Å². The van der Waals surface area contributed by atoms with Gasteiger partial charge in [-0.2, -0.15) is 5.10 Å². The van der Waals surface area contributed by atoms with E-state index in [0.717, 1.165) is 33.2 Å². The summed E-state index contributed by atoms with van der Waals surface area (Å²) in [5.74, 6) is 0.786. The van der Waals surface area contributed by atoms with Gasteiger partial charge in [0.15, 0.2) is 6.61 Å². The number of rotatable bonds is 6. The zero-order chi connectivity index (χ0) is 19.2. The number of hydrazone groups is 1. The number of carbonyl (C=O) groups is 1. The van der Waals surface area contributed by atoms with Crippen LogP contribution in [0.4, 0.5) is 0 Å². The van der Waals surface area contributed by atoms with Gasteiger partial charge in [-0.1, -0.05) is 68.4 Å². The second-order valence-corrected chi connectivity index (χ2v) is 6.85. The maximum atomic E-state index is 12.1. The summed E-state index contributed by atoms with van der Waals surface area (Å²) >= 11 is 0. The maximum Gasteiger partial charge on any atom is 0.277 e. The molecule has 138 valence electrons. The normalized spacial score (nSPS) is 11.3. The van der Waals surface area contributed by atoms with Crippen molar-refractivity contribution in [2.45, 2.75) is 26.7 Å². The first-order chi connectivity index (χ1) is 13.0. The van der Waals surface area contributed by atoms with Crippen LogP contribution < -0.4 is 10.2 Å². The van der Waals surface area contributed by atoms with Crippen molar-refractivity contribution in [3.63, 3.8) is 0 Å². The Kier molecular flexibility index (Phi) is 5.87. The van der Waals surface area contributed by atoms with Gasteiger partial charge in [0.25, 0.3) is 5.91 Å². The van der Waals surface area contributed by atoms with Gasteiger partial charge >= 0.3 is 0 Å². The predicted molar refractivity (Wildman–Crippen MR) is 110 cm³/mol. The lowest BCUT2D eigenvalue weighted by Gasteiger charge is -2.14. The number of ether oxygens (including phenoxy) is 1. The zero-order valence-corrected chi connectivity index (χ0v) is 15.9. The molecular formula is C23H24N2O2. The van der Waals surface area contributed by atoms with Crippen molar-refractivity contribution < 1.29 is 9.53 Å². The van der Waals surface area contributed by atoms with E-state index in [1.165, 1.54) is 0 Å². The molecule has 0 spiro atoms. The van der Waals surface area contributed by atoms with Crippen LogP contribution in [0.1, 0.15) is 36.5 Å². The molecule has 0 radical (unpaired) electrons. The molecule has 1 amide bonds. The van der Waals surface area contributed by atoms with Crippen LogP contribution >= 0.6 is 0 Å². The minimum atomic E-state index is -0.289. The Morgan fingerprint density at radius 2 is 1.89 bits per heavy atom. The fraction of sp³-hybridized carbons (Fsp3) is 0.217. The van der Waals surface area contributed by atoms with Crippen LogP contribution in [0, 0.1) is 6.92 Å². The highest BCUT2D eigenvalue weighted by Crippen LogP contribution is 2.27. The largest absolute Gasteiger partial charge is 0.483 e. The highest BCUT2D eigenvalue weighted by atomic mass is 16.5. The molecule has 0 aliphatic carbocycles. The third-order valence-electron chi connectivity index (χ3n) is 4.37. The number of nitrogens with one attached hydrogen (secondary N) is 1. The number of carbonyl (C=O) groups excluding carboxylic acids is 1. The van der Waals surface area contributed by atoms with Crippen molar-refractivity contribution in [1.82, 2.24) is 5.43 Å². The number of hydrogen-bond acceptors (Lipinski definition) is 3. The standard InChI is InChI=1S/C23H24N2O2/c1-16(2)20-12-11-17(3)13-22(20)27-15-23(26)25-24-14-19-9-6-8-18-7-4-5-10-21(18)19/h4-14,16H,15H2,1-3H3,(H,25,26)/b24-14-. The van der Waals surface area contributed by atoms with Gasteiger partial charge in [-0.25, -0.2) is 5.43 Å². The van der Waals surface area contributed by atoms with Crippen LogP contribution in [-0.2, 0) is 4.79 Å². The minimum Gasteiger partial charge on any atom is -0.483 e. The molecule has 4 nitrogen and oxygen atoms in total. The molecule has 0 unspecified atom stereocenters. The minimum absolute atomic E-state index is 0.0734. The summed E-state index contributed by atoms with van der Waals surface area (Å²) in [7, 11) is 0. The lowest BCUT2D eigenvalue weighted by molar-refractivity contribution is -0.123. The third kappa shape index (κ3) is 4.73. The first-order valence-electron chi connectivity index (χ1n) is 9.07. The van der Waals surface area contributed by atoms with E-state index in [-0.39, 0.29) is 12.5 Å². The maximum absolute atomic E-state index is 12.1. The van der Waals surface area contributed by atoms with Crippen molar-refractivity contribution in [2.75, 3.05) is 6.61 Å². The predicted octanol–water partition coefficient (Wildman–Crippen LogP) is 4.80. The van der Waals surface area contributed by atoms with Gasteiger partial charge in [0.1, 0.15) is 5.75 Å². The van der Waals surface area contributed by atoms with Crippen LogP contribution in [0.5, 0.6) is 5.75 Å². The summed E-state index contributed by atoms with van der Waals surface area (Å²) in [6.07, 6.45) is 1.66. The Balaban J connectivity index is 1.62. The van der Waals surface area contributed by atoms with Gasteiger partial charge in [-0.3, -0.25) is 4.79 Å². The average molecular weight is 360 g/mol. The van der Waals surface area contributed by atoms with Crippen molar-refractivity contribution in [2.24, 2.45) is 5.10 Å². The van der Waals surface area contributed by atoms with Crippen LogP contribution in [0.3, 0.4) is 0 Å². The third-order valence-corrected chi connectivity index (χ3v) is 4.37. The molecule has 4 heteroatoms. The summed E-state index contributed by atoms with van der Waals surface area (Å²) in [4.78, 5) is 12.1. The zero-order valence-electron chi connectivity index (χ0n) is 15.9. The molecule has 3 aromatic carbocycles. The Morgan fingerprint density at radius 1 is 1.11 bits per heavy atom. The quantitative estimate of drug-likeness (QED) is 0.507. The van der Waals surface area contributed by atoms with Crippen molar-refractivity contribution in [1.29, 1.82) is 0 Å². The Morgan fingerprint density at radius 3 is 2.70 bits per heavy atom. The smallest absolute Gasteiger partial charge is 0.277 e. The molecule has 0 aliphatic heterocycles. The fourth-order valence-electron chi connectivity index (χ4n) is 2.96. The number of amides is 1. The summed E-state index contributed by atoms with van der Waals surface area (Å²) in [5.41, 5.74) is 5.68. The number of nitrogens with zero attached hydrogens (tertiary/aromatic N) is 1. The van der Waals surface area contributed by atoms with Gasteiger partial charge in [-0.05, 0) is 40.8 Å². The monoisotopic (exact) mass is 360 g/mol. The second kappa shape index (κ2) is 8.49.